The van der Waals surface area contributed by atoms with Gasteiger partial charge in [-0.3, -0.25) is 4.79 Å². The fourth-order valence-electron chi connectivity index (χ4n) is 5.19. The van der Waals surface area contributed by atoms with Crippen LogP contribution in [-0.4, -0.2) is 51.9 Å². The number of amides is 1. The van der Waals surface area contributed by atoms with Crippen LogP contribution in [0.15, 0.2) is 12.1 Å². The van der Waals surface area contributed by atoms with E-state index in [1.807, 2.05) is 13.1 Å². The van der Waals surface area contributed by atoms with Crippen LogP contribution < -0.4 is 15.5 Å². The van der Waals surface area contributed by atoms with Crippen molar-refractivity contribution >= 4 is 22.8 Å². The molecule has 7 nitrogen and oxygen atoms in total. The van der Waals surface area contributed by atoms with Gasteiger partial charge in [0.25, 0.3) is 5.91 Å². The fraction of sp³-hybridized carbons (Fsp3) is 0.667. The van der Waals surface area contributed by atoms with Gasteiger partial charge in [0, 0.05) is 38.3 Å². The maximum absolute atomic E-state index is 13.0. The molecule has 2 bridgehead atoms. The van der Waals surface area contributed by atoms with E-state index in [1.165, 1.54) is 38.5 Å². The van der Waals surface area contributed by atoms with Crippen molar-refractivity contribution in [3.8, 4) is 0 Å². The van der Waals surface area contributed by atoms with Crippen molar-refractivity contribution in [2.45, 2.75) is 69.5 Å². The molecule has 28 heavy (non-hydrogen) atoms. The second-order valence-electron chi connectivity index (χ2n) is 8.69. The van der Waals surface area contributed by atoms with Gasteiger partial charge in [0.05, 0.1) is 5.39 Å². The molecule has 0 spiro atoms. The van der Waals surface area contributed by atoms with Crippen LogP contribution in [0.3, 0.4) is 0 Å². The maximum atomic E-state index is 13.0. The molecule has 1 amide bonds. The smallest absolute Gasteiger partial charge is 0.272 e. The first-order chi connectivity index (χ1) is 13.7. The maximum Gasteiger partial charge on any atom is 0.272 e. The van der Waals surface area contributed by atoms with Crippen LogP contribution in [0.5, 0.6) is 0 Å². The molecule has 5 heterocycles. The van der Waals surface area contributed by atoms with Crippen molar-refractivity contribution in [3.05, 3.63) is 17.8 Å². The minimum absolute atomic E-state index is 0.0683. The Labute approximate surface area is 165 Å². The summed E-state index contributed by atoms with van der Waals surface area (Å²) in [6, 6.07) is 5.44. The molecule has 2 unspecified atom stereocenters. The Morgan fingerprint density at radius 2 is 1.82 bits per heavy atom. The Balaban J connectivity index is 1.37. The average Bonchev–Trinajstić information content (AvgIpc) is 3.07. The second kappa shape index (κ2) is 7.35. The number of rotatable bonds is 3. The number of aryl methyl sites for hydroxylation is 1. The molecule has 5 rings (SSSR count). The lowest BCUT2D eigenvalue weighted by Gasteiger charge is -2.29. The molecule has 0 aliphatic carbocycles. The van der Waals surface area contributed by atoms with Gasteiger partial charge < -0.3 is 15.5 Å². The summed E-state index contributed by atoms with van der Waals surface area (Å²) in [5.41, 5.74) is 1.29. The molecule has 3 aliphatic heterocycles. The fourth-order valence-corrected chi connectivity index (χ4v) is 5.19. The summed E-state index contributed by atoms with van der Waals surface area (Å²) in [6.45, 7) is 2.11. The molecular formula is C21H30N6O. The first-order valence-electron chi connectivity index (χ1n) is 10.8. The van der Waals surface area contributed by atoms with Gasteiger partial charge in [0.2, 0.25) is 0 Å². The Bertz CT molecular complexity index is 857. The largest absolute Gasteiger partial charge is 0.357 e. The van der Waals surface area contributed by atoms with Gasteiger partial charge in [-0.2, -0.15) is 5.10 Å². The van der Waals surface area contributed by atoms with Crippen LogP contribution in [0.25, 0.3) is 11.0 Å². The number of nitrogens with one attached hydrogen (secondary N) is 2. The van der Waals surface area contributed by atoms with Crippen molar-refractivity contribution in [2.24, 2.45) is 7.05 Å². The summed E-state index contributed by atoms with van der Waals surface area (Å²) in [6.07, 6.45) is 9.53. The van der Waals surface area contributed by atoms with E-state index < -0.39 is 0 Å². The quantitative estimate of drug-likeness (QED) is 0.852. The molecule has 0 aromatic carbocycles. The summed E-state index contributed by atoms with van der Waals surface area (Å²) in [7, 11) is 1.88. The van der Waals surface area contributed by atoms with E-state index in [0.29, 0.717) is 17.8 Å². The number of carbonyl (C=O) groups is 1. The number of carbonyl (C=O) groups excluding carboxylic acids is 1. The van der Waals surface area contributed by atoms with Crippen molar-refractivity contribution in [2.75, 3.05) is 18.0 Å². The summed E-state index contributed by atoms with van der Waals surface area (Å²) in [4.78, 5) is 20.2. The monoisotopic (exact) mass is 382 g/mol. The van der Waals surface area contributed by atoms with Crippen molar-refractivity contribution in [1.29, 1.82) is 0 Å². The van der Waals surface area contributed by atoms with Gasteiger partial charge in [-0.25, -0.2) is 9.67 Å². The molecule has 3 saturated heterocycles. The minimum Gasteiger partial charge on any atom is -0.357 e. The zero-order valence-corrected chi connectivity index (χ0v) is 16.7. The summed E-state index contributed by atoms with van der Waals surface area (Å²) < 4.78 is 1.75. The lowest BCUT2D eigenvalue weighted by Crippen LogP contribution is -2.48. The molecule has 3 fully saturated rings. The van der Waals surface area contributed by atoms with Gasteiger partial charge in [0.15, 0.2) is 11.3 Å². The van der Waals surface area contributed by atoms with E-state index >= 15 is 0 Å². The standard InChI is InChI=1S/C21H30N6O/c1-26-20-17(8-9-18(24-20)27-10-4-2-3-5-11-27)19(25-26)21(28)23-16-12-14-6-7-15(13-16)22-14/h8-9,14-16,22H,2-7,10-13H2,1H3,(H,23,28). The number of anilines is 1. The number of hydrogen-bond acceptors (Lipinski definition) is 5. The third kappa shape index (κ3) is 3.36. The van der Waals surface area contributed by atoms with E-state index in [9.17, 15) is 4.79 Å². The lowest BCUT2D eigenvalue weighted by atomic mass is 9.99. The number of pyridine rings is 1. The molecule has 3 aliphatic rings. The van der Waals surface area contributed by atoms with E-state index in [-0.39, 0.29) is 11.9 Å². The molecule has 2 aromatic heterocycles. The number of nitrogens with zero attached hydrogens (tertiary/aromatic N) is 4. The SMILES string of the molecule is Cn1nc(C(=O)NC2CC3CCC(C2)N3)c2ccc(N3CCCCCC3)nc21. The Morgan fingerprint density at radius 1 is 1.11 bits per heavy atom. The minimum atomic E-state index is -0.0683. The van der Waals surface area contributed by atoms with Crippen molar-refractivity contribution in [3.63, 3.8) is 0 Å². The first-order valence-corrected chi connectivity index (χ1v) is 10.8. The topological polar surface area (TPSA) is 75.1 Å². The van der Waals surface area contributed by atoms with Crippen LogP contribution in [-0.2, 0) is 7.05 Å². The molecule has 2 aromatic rings. The van der Waals surface area contributed by atoms with Crippen LogP contribution in [0.2, 0.25) is 0 Å². The Hall–Kier alpha value is -2.15. The summed E-state index contributed by atoms with van der Waals surface area (Å²) in [5, 5.41) is 12.2. The predicted molar refractivity (Wildman–Crippen MR) is 110 cm³/mol. The Morgan fingerprint density at radius 3 is 2.54 bits per heavy atom. The number of hydrogen-bond donors (Lipinski definition) is 2. The molecular weight excluding hydrogens is 352 g/mol. The highest BCUT2D eigenvalue weighted by Crippen LogP contribution is 2.28. The zero-order valence-electron chi connectivity index (χ0n) is 16.7. The zero-order chi connectivity index (χ0) is 19.1. The van der Waals surface area contributed by atoms with Crippen molar-refractivity contribution in [1.82, 2.24) is 25.4 Å². The molecule has 150 valence electrons. The predicted octanol–water partition coefficient (Wildman–Crippen LogP) is 2.36. The van der Waals surface area contributed by atoms with Crippen LogP contribution >= 0.6 is 0 Å². The van der Waals surface area contributed by atoms with Crippen LogP contribution in [0, 0.1) is 0 Å². The molecule has 0 saturated carbocycles. The van der Waals surface area contributed by atoms with E-state index in [2.05, 4.69) is 26.7 Å². The van der Waals surface area contributed by atoms with Crippen molar-refractivity contribution < 1.29 is 4.79 Å². The first kappa shape index (κ1) is 17.9. The molecule has 0 radical (unpaired) electrons. The highest BCUT2D eigenvalue weighted by Gasteiger charge is 2.34. The molecule has 7 heteroatoms. The van der Waals surface area contributed by atoms with Gasteiger partial charge in [-0.05, 0) is 50.7 Å². The second-order valence-corrected chi connectivity index (χ2v) is 8.69. The summed E-state index contributed by atoms with van der Waals surface area (Å²) in [5.74, 6) is 0.931. The third-order valence-corrected chi connectivity index (χ3v) is 6.63. The van der Waals surface area contributed by atoms with Gasteiger partial charge in [-0.15, -0.1) is 0 Å². The van der Waals surface area contributed by atoms with E-state index in [0.717, 1.165) is 42.8 Å². The van der Waals surface area contributed by atoms with E-state index in [4.69, 9.17) is 4.98 Å². The lowest BCUT2D eigenvalue weighted by molar-refractivity contribution is 0.0919. The van der Waals surface area contributed by atoms with Gasteiger partial charge >= 0.3 is 0 Å². The molecule has 2 N–H and O–H groups in total. The van der Waals surface area contributed by atoms with Crippen LogP contribution in [0.4, 0.5) is 5.82 Å². The highest BCUT2D eigenvalue weighted by atomic mass is 16.2. The number of fused-ring (bicyclic) bond motifs is 3. The number of piperidine rings is 1. The normalized spacial score (nSPS) is 27.8. The average molecular weight is 383 g/mol. The number of aromatic nitrogens is 3. The van der Waals surface area contributed by atoms with Gasteiger partial charge in [0.1, 0.15) is 5.82 Å². The third-order valence-electron chi connectivity index (χ3n) is 6.63. The highest BCUT2D eigenvalue weighted by molar-refractivity contribution is 6.04. The summed E-state index contributed by atoms with van der Waals surface area (Å²) >= 11 is 0. The van der Waals surface area contributed by atoms with Gasteiger partial charge in [-0.1, -0.05) is 12.8 Å². The Kier molecular flexibility index (Phi) is 4.70. The van der Waals surface area contributed by atoms with Crippen LogP contribution in [0.1, 0.15) is 61.9 Å². The van der Waals surface area contributed by atoms with E-state index in [1.54, 1.807) is 4.68 Å². The molecule has 2 atom stereocenters.